The number of hydrogen-bond acceptors (Lipinski definition) is 1. The summed E-state index contributed by atoms with van der Waals surface area (Å²) >= 11 is 0. The van der Waals surface area contributed by atoms with Crippen molar-refractivity contribution in [3.63, 3.8) is 0 Å². The van der Waals surface area contributed by atoms with Gasteiger partial charge in [-0.15, -0.1) is 0 Å². The van der Waals surface area contributed by atoms with Crippen LogP contribution in [0.3, 0.4) is 0 Å². The predicted molar refractivity (Wildman–Crippen MR) is 63.9 cm³/mol. The van der Waals surface area contributed by atoms with E-state index in [2.05, 4.69) is 12.2 Å². The second-order valence-electron chi connectivity index (χ2n) is 3.81. The Morgan fingerprint density at radius 2 is 2.00 bits per heavy atom. The van der Waals surface area contributed by atoms with Crippen LogP contribution in [0.2, 0.25) is 0 Å². The third kappa shape index (κ3) is 3.08. The molecular formula is C13H19NO. The number of para-hydroxylation sites is 1. The van der Waals surface area contributed by atoms with Crippen LogP contribution in [0.15, 0.2) is 24.3 Å². The van der Waals surface area contributed by atoms with Gasteiger partial charge in [0.05, 0.1) is 0 Å². The Hall–Kier alpha value is -1.31. The highest BCUT2D eigenvalue weighted by molar-refractivity contribution is 5.92. The van der Waals surface area contributed by atoms with Crippen LogP contribution in [-0.4, -0.2) is 5.91 Å². The number of nitrogens with one attached hydrogen (secondary N) is 1. The fourth-order valence-electron chi connectivity index (χ4n) is 1.39. The summed E-state index contributed by atoms with van der Waals surface area (Å²) in [5.74, 6) is 0.188. The van der Waals surface area contributed by atoms with Crippen LogP contribution in [0.5, 0.6) is 0 Å². The van der Waals surface area contributed by atoms with Gasteiger partial charge in [-0.05, 0) is 24.5 Å². The molecule has 15 heavy (non-hydrogen) atoms. The number of benzene rings is 1. The maximum Gasteiger partial charge on any atom is 0.227 e. The highest BCUT2D eigenvalue weighted by Crippen LogP contribution is 2.16. The molecular weight excluding hydrogens is 186 g/mol. The summed E-state index contributed by atoms with van der Waals surface area (Å²) in [5.41, 5.74) is 2.14. The van der Waals surface area contributed by atoms with Crippen LogP contribution < -0.4 is 5.32 Å². The second kappa shape index (κ2) is 5.54. The van der Waals surface area contributed by atoms with Gasteiger partial charge in [0.1, 0.15) is 0 Å². The number of aryl methyl sites for hydroxylation is 1. The molecule has 1 rings (SSSR count). The molecule has 1 aromatic rings. The third-order valence-corrected chi connectivity index (χ3v) is 2.72. The van der Waals surface area contributed by atoms with Gasteiger partial charge in [-0.1, -0.05) is 39.0 Å². The summed E-state index contributed by atoms with van der Waals surface area (Å²) in [6.07, 6.45) is 1.82. The van der Waals surface area contributed by atoms with Crippen LogP contribution in [0.1, 0.15) is 32.8 Å². The normalized spacial score (nSPS) is 12.2. The van der Waals surface area contributed by atoms with Crippen molar-refractivity contribution in [2.75, 3.05) is 5.32 Å². The van der Waals surface area contributed by atoms with E-state index in [0.717, 1.165) is 18.5 Å². The van der Waals surface area contributed by atoms with E-state index in [1.165, 1.54) is 5.56 Å². The number of carbonyl (C=O) groups is 1. The van der Waals surface area contributed by atoms with Crippen molar-refractivity contribution >= 4 is 11.6 Å². The lowest BCUT2D eigenvalue weighted by atomic mass is 10.1. The lowest BCUT2D eigenvalue weighted by Crippen LogP contribution is -2.20. The number of amides is 1. The number of anilines is 1. The van der Waals surface area contributed by atoms with E-state index in [1.54, 1.807) is 0 Å². The van der Waals surface area contributed by atoms with Crippen molar-refractivity contribution in [1.29, 1.82) is 0 Å². The molecule has 0 aliphatic rings. The number of rotatable bonds is 4. The molecule has 0 radical (unpaired) electrons. The standard InChI is InChI=1S/C13H19NO/c1-4-10(3)13(15)14-12-9-7-6-8-11(12)5-2/h6-10H,4-5H2,1-3H3,(H,14,15)/t10-/m0/s1. The SMILES string of the molecule is CCc1ccccc1NC(=O)[C@@H](C)CC. The molecule has 0 aromatic heterocycles. The Morgan fingerprint density at radius 3 is 2.60 bits per heavy atom. The van der Waals surface area contributed by atoms with E-state index in [-0.39, 0.29) is 11.8 Å². The van der Waals surface area contributed by atoms with Crippen molar-refractivity contribution in [1.82, 2.24) is 0 Å². The van der Waals surface area contributed by atoms with Crippen molar-refractivity contribution in [2.45, 2.75) is 33.6 Å². The topological polar surface area (TPSA) is 29.1 Å². The Kier molecular flexibility index (Phi) is 4.35. The quantitative estimate of drug-likeness (QED) is 0.803. The fraction of sp³-hybridized carbons (Fsp3) is 0.462. The van der Waals surface area contributed by atoms with Crippen LogP contribution in [0.4, 0.5) is 5.69 Å². The minimum absolute atomic E-state index is 0.0786. The van der Waals surface area contributed by atoms with Gasteiger partial charge in [0, 0.05) is 11.6 Å². The van der Waals surface area contributed by atoms with Crippen LogP contribution in [0.25, 0.3) is 0 Å². The first kappa shape index (κ1) is 11.8. The maximum atomic E-state index is 11.7. The summed E-state index contributed by atoms with van der Waals surface area (Å²) < 4.78 is 0. The molecule has 0 heterocycles. The first-order chi connectivity index (χ1) is 7.19. The lowest BCUT2D eigenvalue weighted by molar-refractivity contribution is -0.119. The summed E-state index contributed by atoms with van der Waals surface area (Å²) in [6, 6.07) is 7.95. The molecule has 0 fully saturated rings. The monoisotopic (exact) mass is 205 g/mol. The molecule has 0 saturated carbocycles. The average molecular weight is 205 g/mol. The van der Waals surface area contributed by atoms with Crippen LogP contribution in [0, 0.1) is 5.92 Å². The molecule has 0 spiro atoms. The van der Waals surface area contributed by atoms with Crippen molar-refractivity contribution in [3.05, 3.63) is 29.8 Å². The molecule has 0 aliphatic carbocycles. The summed E-state index contributed by atoms with van der Waals surface area (Å²) in [7, 11) is 0. The Labute approximate surface area is 91.7 Å². The third-order valence-electron chi connectivity index (χ3n) is 2.72. The van der Waals surface area contributed by atoms with E-state index in [9.17, 15) is 4.79 Å². The van der Waals surface area contributed by atoms with Gasteiger partial charge < -0.3 is 5.32 Å². The minimum atomic E-state index is 0.0786. The van der Waals surface area contributed by atoms with Gasteiger partial charge in [0.25, 0.3) is 0 Å². The van der Waals surface area contributed by atoms with E-state index >= 15 is 0 Å². The number of hydrogen-bond donors (Lipinski definition) is 1. The minimum Gasteiger partial charge on any atom is -0.326 e. The molecule has 2 heteroatoms. The van der Waals surface area contributed by atoms with Crippen LogP contribution in [-0.2, 0) is 11.2 Å². The molecule has 1 N–H and O–H groups in total. The summed E-state index contributed by atoms with van der Waals surface area (Å²) in [5, 5.41) is 2.97. The van der Waals surface area contributed by atoms with Gasteiger partial charge in [-0.25, -0.2) is 0 Å². The van der Waals surface area contributed by atoms with E-state index in [1.807, 2.05) is 38.1 Å². The van der Waals surface area contributed by atoms with Crippen molar-refractivity contribution in [2.24, 2.45) is 5.92 Å². The Bertz CT molecular complexity index is 333. The zero-order valence-corrected chi connectivity index (χ0v) is 9.71. The molecule has 1 atom stereocenters. The van der Waals surface area contributed by atoms with E-state index < -0.39 is 0 Å². The fourth-order valence-corrected chi connectivity index (χ4v) is 1.39. The molecule has 0 bridgehead atoms. The zero-order chi connectivity index (χ0) is 11.3. The van der Waals surface area contributed by atoms with Gasteiger partial charge in [-0.3, -0.25) is 4.79 Å². The largest absolute Gasteiger partial charge is 0.326 e. The van der Waals surface area contributed by atoms with Crippen molar-refractivity contribution in [3.8, 4) is 0 Å². The molecule has 1 amide bonds. The summed E-state index contributed by atoms with van der Waals surface area (Å²) in [6.45, 7) is 6.06. The van der Waals surface area contributed by atoms with Gasteiger partial charge in [0.15, 0.2) is 0 Å². The smallest absolute Gasteiger partial charge is 0.227 e. The lowest BCUT2D eigenvalue weighted by Gasteiger charge is -2.12. The molecule has 82 valence electrons. The van der Waals surface area contributed by atoms with Gasteiger partial charge in [-0.2, -0.15) is 0 Å². The molecule has 0 unspecified atom stereocenters. The maximum absolute atomic E-state index is 11.7. The average Bonchev–Trinajstić information content (AvgIpc) is 2.28. The molecule has 1 aromatic carbocycles. The Balaban J connectivity index is 2.76. The highest BCUT2D eigenvalue weighted by Gasteiger charge is 2.11. The first-order valence-electron chi connectivity index (χ1n) is 5.57. The molecule has 0 aliphatic heterocycles. The second-order valence-corrected chi connectivity index (χ2v) is 3.81. The highest BCUT2D eigenvalue weighted by atomic mass is 16.1. The zero-order valence-electron chi connectivity index (χ0n) is 9.71. The first-order valence-corrected chi connectivity index (χ1v) is 5.57. The van der Waals surface area contributed by atoms with E-state index in [0.29, 0.717) is 0 Å². The summed E-state index contributed by atoms with van der Waals surface area (Å²) in [4.78, 5) is 11.7. The number of carbonyl (C=O) groups excluding carboxylic acids is 1. The van der Waals surface area contributed by atoms with Gasteiger partial charge >= 0.3 is 0 Å². The molecule has 0 saturated heterocycles. The van der Waals surface area contributed by atoms with Gasteiger partial charge in [0.2, 0.25) is 5.91 Å². The molecule has 2 nitrogen and oxygen atoms in total. The van der Waals surface area contributed by atoms with E-state index in [4.69, 9.17) is 0 Å². The predicted octanol–water partition coefficient (Wildman–Crippen LogP) is 3.23. The Morgan fingerprint density at radius 1 is 1.33 bits per heavy atom. The van der Waals surface area contributed by atoms with Crippen LogP contribution >= 0.6 is 0 Å². The van der Waals surface area contributed by atoms with Crippen molar-refractivity contribution < 1.29 is 4.79 Å².